The lowest BCUT2D eigenvalue weighted by atomic mass is 9.43. The SMILES string of the molecule is CC(C)CCC[C@@H](C)[C@H]1CC[C@@]2(C)C3=CCC4CC(O)CC[C@]4(C)[C@H]3CC[C@]12C. The van der Waals surface area contributed by atoms with Crippen molar-refractivity contribution in [3.05, 3.63) is 11.6 Å². The number of hydrogen-bond acceptors (Lipinski definition) is 1. The minimum Gasteiger partial charge on any atom is -0.393 e. The van der Waals surface area contributed by atoms with Crippen molar-refractivity contribution < 1.29 is 5.11 Å². The van der Waals surface area contributed by atoms with Crippen LogP contribution < -0.4 is 0 Å². The van der Waals surface area contributed by atoms with E-state index in [0.717, 1.165) is 36.5 Å². The summed E-state index contributed by atoms with van der Waals surface area (Å²) in [5, 5.41) is 10.3. The Balaban J connectivity index is 1.56. The van der Waals surface area contributed by atoms with Gasteiger partial charge in [0.2, 0.25) is 0 Å². The molecule has 0 radical (unpaired) electrons. The van der Waals surface area contributed by atoms with E-state index in [4.69, 9.17) is 0 Å². The molecule has 4 aliphatic carbocycles. The number of rotatable bonds is 5. The Morgan fingerprint density at radius 3 is 2.48 bits per heavy atom. The van der Waals surface area contributed by atoms with Gasteiger partial charge in [0.05, 0.1) is 6.10 Å². The van der Waals surface area contributed by atoms with Crippen LogP contribution in [-0.2, 0) is 0 Å². The van der Waals surface area contributed by atoms with Crippen LogP contribution in [0.15, 0.2) is 11.6 Å². The number of fused-ring (bicyclic) bond motifs is 5. The lowest BCUT2D eigenvalue weighted by Crippen LogP contribution is -2.53. The Labute approximate surface area is 181 Å². The molecule has 0 heterocycles. The van der Waals surface area contributed by atoms with Crippen molar-refractivity contribution >= 4 is 0 Å². The standard InChI is InChI=1S/C28H48O/c1-19(2)8-7-9-20(3)23-13-16-28(6)25-11-10-21-18-22(29)12-15-26(21,4)24(25)14-17-27(23,28)5/h11,19-24,29H,7-10,12-18H2,1-6H3/t20-,21?,22?,23-,24+,26+,27-,28+/m1/s1. The summed E-state index contributed by atoms with van der Waals surface area (Å²) in [4.78, 5) is 0. The molecule has 1 N–H and O–H groups in total. The maximum Gasteiger partial charge on any atom is 0.0543 e. The molecule has 0 aromatic carbocycles. The molecule has 0 aromatic rings. The summed E-state index contributed by atoms with van der Waals surface area (Å²) in [6.45, 7) is 15.2. The van der Waals surface area contributed by atoms with Crippen molar-refractivity contribution in [2.24, 2.45) is 45.8 Å². The van der Waals surface area contributed by atoms with Gasteiger partial charge in [-0.05, 0) is 97.2 Å². The molecule has 2 unspecified atom stereocenters. The third-order valence-corrected chi connectivity index (χ3v) is 11.1. The zero-order valence-electron chi connectivity index (χ0n) is 20.3. The molecule has 4 aliphatic rings. The molecule has 0 aromatic heterocycles. The van der Waals surface area contributed by atoms with Crippen molar-refractivity contribution in [3.8, 4) is 0 Å². The van der Waals surface area contributed by atoms with Crippen molar-refractivity contribution in [3.63, 3.8) is 0 Å². The van der Waals surface area contributed by atoms with Gasteiger partial charge in [-0.25, -0.2) is 0 Å². The lowest BCUT2D eigenvalue weighted by Gasteiger charge is -2.61. The molecule has 0 aliphatic heterocycles. The molecule has 8 atom stereocenters. The molecule has 29 heavy (non-hydrogen) atoms. The second kappa shape index (κ2) is 7.68. The second-order valence-electron chi connectivity index (χ2n) is 12.8. The molecule has 0 bridgehead atoms. The largest absolute Gasteiger partial charge is 0.393 e. The van der Waals surface area contributed by atoms with Crippen molar-refractivity contribution in [1.29, 1.82) is 0 Å². The molecule has 0 saturated heterocycles. The van der Waals surface area contributed by atoms with E-state index >= 15 is 0 Å². The molecule has 1 heteroatoms. The molecule has 3 fully saturated rings. The first kappa shape index (κ1) is 21.9. The van der Waals surface area contributed by atoms with Gasteiger partial charge in [-0.3, -0.25) is 0 Å². The van der Waals surface area contributed by atoms with E-state index in [-0.39, 0.29) is 6.10 Å². The van der Waals surface area contributed by atoms with E-state index in [1.54, 1.807) is 0 Å². The van der Waals surface area contributed by atoms with Crippen LogP contribution >= 0.6 is 0 Å². The quantitative estimate of drug-likeness (QED) is 0.467. The highest BCUT2D eigenvalue weighted by Gasteiger charge is 2.63. The summed E-state index contributed by atoms with van der Waals surface area (Å²) in [6.07, 6.45) is 17.1. The van der Waals surface area contributed by atoms with E-state index in [1.807, 2.05) is 5.57 Å². The highest BCUT2D eigenvalue weighted by molar-refractivity contribution is 5.32. The fraction of sp³-hybridized carbons (Fsp3) is 0.929. The van der Waals surface area contributed by atoms with E-state index in [9.17, 15) is 5.11 Å². The smallest absolute Gasteiger partial charge is 0.0543 e. The van der Waals surface area contributed by atoms with Gasteiger partial charge < -0.3 is 5.11 Å². The summed E-state index contributed by atoms with van der Waals surface area (Å²) in [5.41, 5.74) is 3.20. The second-order valence-corrected chi connectivity index (χ2v) is 12.8. The zero-order chi connectivity index (χ0) is 21.0. The molecular formula is C28H48O. The van der Waals surface area contributed by atoms with Crippen molar-refractivity contribution in [2.45, 2.75) is 118 Å². The van der Waals surface area contributed by atoms with Gasteiger partial charge >= 0.3 is 0 Å². The van der Waals surface area contributed by atoms with E-state index in [0.29, 0.717) is 22.2 Å². The maximum absolute atomic E-state index is 10.3. The molecule has 0 spiro atoms. The molecule has 0 amide bonds. The summed E-state index contributed by atoms with van der Waals surface area (Å²) in [7, 11) is 0. The van der Waals surface area contributed by atoms with Crippen LogP contribution in [0.5, 0.6) is 0 Å². The average Bonchev–Trinajstić information content (AvgIpc) is 2.93. The van der Waals surface area contributed by atoms with Crippen LogP contribution in [0.3, 0.4) is 0 Å². The first-order valence-corrected chi connectivity index (χ1v) is 13.0. The predicted molar refractivity (Wildman–Crippen MR) is 124 cm³/mol. The number of hydrogen-bond donors (Lipinski definition) is 1. The van der Waals surface area contributed by atoms with Crippen LogP contribution in [-0.4, -0.2) is 11.2 Å². The Hall–Kier alpha value is -0.300. The van der Waals surface area contributed by atoms with Gasteiger partial charge in [-0.15, -0.1) is 0 Å². The van der Waals surface area contributed by atoms with Gasteiger partial charge in [0.15, 0.2) is 0 Å². The average molecular weight is 401 g/mol. The summed E-state index contributed by atoms with van der Waals surface area (Å²) < 4.78 is 0. The van der Waals surface area contributed by atoms with Crippen LogP contribution in [0.1, 0.15) is 112 Å². The van der Waals surface area contributed by atoms with Crippen LogP contribution in [0, 0.1) is 45.8 Å². The maximum atomic E-state index is 10.3. The highest BCUT2D eigenvalue weighted by atomic mass is 16.3. The lowest BCUT2D eigenvalue weighted by molar-refractivity contribution is -0.0628. The molecule has 4 rings (SSSR count). The predicted octanol–water partition coefficient (Wildman–Crippen LogP) is 7.78. The highest BCUT2D eigenvalue weighted by Crippen LogP contribution is 2.72. The third-order valence-electron chi connectivity index (χ3n) is 11.1. The Kier molecular flexibility index (Phi) is 5.81. The number of aliphatic hydroxyl groups is 1. The van der Waals surface area contributed by atoms with E-state index < -0.39 is 0 Å². The minimum atomic E-state index is -0.0463. The van der Waals surface area contributed by atoms with Gasteiger partial charge in [0.25, 0.3) is 0 Å². The summed E-state index contributed by atoms with van der Waals surface area (Å²) >= 11 is 0. The molecule has 3 saturated carbocycles. The minimum absolute atomic E-state index is 0.0463. The Morgan fingerprint density at radius 1 is 1.00 bits per heavy atom. The first-order valence-electron chi connectivity index (χ1n) is 13.0. The molecular weight excluding hydrogens is 352 g/mol. The topological polar surface area (TPSA) is 20.2 Å². The van der Waals surface area contributed by atoms with E-state index in [2.05, 4.69) is 47.6 Å². The first-order chi connectivity index (χ1) is 13.6. The zero-order valence-corrected chi connectivity index (χ0v) is 20.3. The van der Waals surface area contributed by atoms with Gasteiger partial charge in [-0.1, -0.05) is 72.5 Å². The summed E-state index contributed by atoms with van der Waals surface area (Å²) in [6, 6.07) is 0. The van der Waals surface area contributed by atoms with Crippen LogP contribution in [0.25, 0.3) is 0 Å². The van der Waals surface area contributed by atoms with Gasteiger partial charge in [0.1, 0.15) is 0 Å². The third kappa shape index (κ3) is 3.37. The fourth-order valence-electron chi connectivity index (χ4n) is 8.88. The monoisotopic (exact) mass is 400 g/mol. The van der Waals surface area contributed by atoms with Crippen molar-refractivity contribution in [1.82, 2.24) is 0 Å². The van der Waals surface area contributed by atoms with Gasteiger partial charge in [-0.2, -0.15) is 0 Å². The molecule has 1 nitrogen and oxygen atoms in total. The molecule has 166 valence electrons. The normalized spacial score (nSPS) is 47.9. The van der Waals surface area contributed by atoms with Gasteiger partial charge in [0, 0.05) is 0 Å². The van der Waals surface area contributed by atoms with Crippen molar-refractivity contribution in [2.75, 3.05) is 0 Å². The van der Waals surface area contributed by atoms with E-state index in [1.165, 1.54) is 57.8 Å². The Morgan fingerprint density at radius 2 is 1.76 bits per heavy atom. The Bertz CT molecular complexity index is 634. The number of aliphatic hydroxyl groups excluding tert-OH is 1. The summed E-state index contributed by atoms with van der Waals surface area (Å²) in [5.74, 6) is 4.11. The van der Waals surface area contributed by atoms with Crippen LogP contribution in [0.2, 0.25) is 0 Å². The van der Waals surface area contributed by atoms with Crippen LogP contribution in [0.4, 0.5) is 0 Å². The number of allylic oxidation sites excluding steroid dienone is 2. The fourth-order valence-corrected chi connectivity index (χ4v) is 8.88.